The molecule has 10 bridgehead atoms. The van der Waals surface area contributed by atoms with E-state index >= 15 is 0 Å². The molecule has 0 spiro atoms. The van der Waals surface area contributed by atoms with E-state index in [4.69, 9.17) is 28.7 Å². The molecule has 5 aromatic carbocycles. The zero-order valence-corrected chi connectivity index (χ0v) is 75.6. The summed E-state index contributed by atoms with van der Waals surface area (Å²) in [6.45, 7) is 32.1. The third kappa shape index (κ3) is 21.7. The van der Waals surface area contributed by atoms with Crippen LogP contribution >= 0.6 is 0 Å². The molecular weight excluding hydrogens is 1800 g/mol. The van der Waals surface area contributed by atoms with E-state index in [1.165, 1.54) is 100 Å². The molecule has 30 nitrogen and oxygen atoms in total. The summed E-state index contributed by atoms with van der Waals surface area (Å²) in [5.41, 5.74) is 11.5. The van der Waals surface area contributed by atoms with Gasteiger partial charge >= 0.3 is 0 Å². The van der Waals surface area contributed by atoms with Gasteiger partial charge in [0, 0.05) is 93.8 Å². The number of rotatable bonds is 6. The first-order valence-electron chi connectivity index (χ1n) is 44.3. The molecule has 15 heterocycles. The molecule has 5 aliphatic rings. The second kappa shape index (κ2) is 42.0. The fourth-order valence-electron chi connectivity index (χ4n) is 15.9. The summed E-state index contributed by atoms with van der Waals surface area (Å²) >= 11 is 0. The maximum atomic E-state index is 14.0. The molecule has 20 rings (SSSR count). The SMILES string of the molecule is C=C1NCCOc2ccc(F)cc2[C@@H](CC)Nc2ccn3ncc1c3n2.C=C1NC[C@H](C(F)F)Oc2ccc(F)cc2[C@@H](C)Nc2ccn3ncc1c3n2.C=C1NC[C@H](CC)Oc2ccc(F)cc2[C@@H](CC)Nc2ccn3ncc1c3n2.C=C1N[C@@H](C(F)F)COc2ccc(F)cc2[C@@H](C)Nc2ccn3ncc1c3n2.C=C1N[C@H](C(F)F)COc2ccc(F)cc2[C@@H](C)Nc2ccn3ncc1c3n2. The van der Waals surface area contributed by atoms with E-state index in [1.807, 2.05) is 52.2 Å². The number of ether oxygens (including phenoxy) is 5. The van der Waals surface area contributed by atoms with Crippen molar-refractivity contribution in [1.82, 2.24) is 99.6 Å². The van der Waals surface area contributed by atoms with E-state index in [-0.39, 0.29) is 78.8 Å². The minimum absolute atomic E-state index is 0.0821. The fourth-order valence-corrected chi connectivity index (χ4v) is 15.9. The maximum absolute atomic E-state index is 14.0. The van der Waals surface area contributed by atoms with Crippen molar-refractivity contribution < 1.29 is 72.0 Å². The van der Waals surface area contributed by atoms with Gasteiger partial charge in [0.25, 0.3) is 19.3 Å². The van der Waals surface area contributed by atoms with Crippen LogP contribution in [0.4, 0.5) is 77.4 Å². The molecule has 0 fully saturated rings. The number of fused-ring (bicyclic) bond motifs is 10. The number of hydrogen-bond donors (Lipinski definition) is 10. The lowest BCUT2D eigenvalue weighted by molar-refractivity contribution is 0.0138. The van der Waals surface area contributed by atoms with E-state index in [0.29, 0.717) is 139 Å². The quantitative estimate of drug-likeness (QED) is 0.0692. The van der Waals surface area contributed by atoms with Crippen LogP contribution in [0.5, 0.6) is 28.7 Å². The average molecular weight is 1900 g/mol. The molecule has 41 heteroatoms. The second-order valence-electron chi connectivity index (χ2n) is 32.8. The van der Waals surface area contributed by atoms with Gasteiger partial charge in [-0.25, -0.2) is 95.8 Å². The van der Waals surface area contributed by atoms with Crippen molar-refractivity contribution in [3.8, 4) is 28.7 Å². The molecule has 0 saturated heterocycles. The van der Waals surface area contributed by atoms with Crippen LogP contribution in [0.25, 0.3) is 56.7 Å². The zero-order chi connectivity index (χ0) is 97.3. The zero-order valence-electron chi connectivity index (χ0n) is 75.6. The Hall–Kier alpha value is -15.9. The Kier molecular flexibility index (Phi) is 29.0. The lowest BCUT2D eigenvalue weighted by Gasteiger charge is -2.24. The van der Waals surface area contributed by atoms with Crippen LogP contribution in [0.1, 0.15) is 147 Å². The van der Waals surface area contributed by atoms with Gasteiger partial charge in [-0.05, 0) is 161 Å². The van der Waals surface area contributed by atoms with Crippen molar-refractivity contribution in [1.29, 1.82) is 0 Å². The summed E-state index contributed by atoms with van der Waals surface area (Å²) in [6, 6.07) is 25.8. The van der Waals surface area contributed by atoms with Crippen LogP contribution in [0.15, 0.2) is 216 Å². The normalized spacial score (nSPS) is 19.3. The Morgan fingerprint density at radius 2 is 0.645 bits per heavy atom. The molecule has 5 aliphatic heterocycles. The van der Waals surface area contributed by atoms with Crippen LogP contribution in [-0.4, -0.2) is 156 Å². The summed E-state index contributed by atoms with van der Waals surface area (Å²) < 4.78 is 188. The third-order valence-electron chi connectivity index (χ3n) is 23.3. The van der Waals surface area contributed by atoms with E-state index in [2.05, 4.69) is 138 Å². The number of halogens is 11. The number of anilines is 5. The van der Waals surface area contributed by atoms with Gasteiger partial charge in [-0.2, -0.15) is 25.5 Å². The van der Waals surface area contributed by atoms with E-state index in [0.717, 1.165) is 52.9 Å². The van der Waals surface area contributed by atoms with Crippen molar-refractivity contribution >= 4 is 85.8 Å². The predicted octanol–water partition coefficient (Wildman–Crippen LogP) is 18.4. The van der Waals surface area contributed by atoms with E-state index in [1.54, 1.807) is 88.0 Å². The van der Waals surface area contributed by atoms with Crippen molar-refractivity contribution in [3.63, 3.8) is 0 Å². The molecule has 10 N–H and O–H groups in total. The first kappa shape index (κ1) is 95.3. The second-order valence-corrected chi connectivity index (χ2v) is 32.8. The van der Waals surface area contributed by atoms with Gasteiger partial charge in [-0.3, -0.25) is 0 Å². The van der Waals surface area contributed by atoms with Crippen molar-refractivity contribution in [2.24, 2.45) is 0 Å². The summed E-state index contributed by atoms with van der Waals surface area (Å²) in [5.74, 6) is 3.18. The van der Waals surface area contributed by atoms with Crippen LogP contribution < -0.4 is 76.9 Å². The highest BCUT2D eigenvalue weighted by Crippen LogP contribution is 2.39. The number of hydrogen-bond acceptors (Lipinski definition) is 25. The van der Waals surface area contributed by atoms with Crippen LogP contribution in [0.3, 0.4) is 0 Å². The third-order valence-corrected chi connectivity index (χ3v) is 23.3. The Morgan fingerprint density at radius 3 is 0.993 bits per heavy atom. The van der Waals surface area contributed by atoms with Gasteiger partial charge in [0.2, 0.25) is 0 Å². The van der Waals surface area contributed by atoms with Gasteiger partial charge in [0.1, 0.15) is 125 Å². The molecule has 0 aliphatic carbocycles. The van der Waals surface area contributed by atoms with Gasteiger partial charge < -0.3 is 76.9 Å². The molecule has 10 aromatic heterocycles. The lowest BCUT2D eigenvalue weighted by Crippen LogP contribution is -2.39. The Balaban J connectivity index is 0.000000125. The van der Waals surface area contributed by atoms with Crippen molar-refractivity contribution in [2.75, 3.05) is 66.0 Å². The smallest absolute Gasteiger partial charge is 0.276 e. The van der Waals surface area contributed by atoms with Crippen molar-refractivity contribution in [2.45, 2.75) is 135 Å². The monoisotopic (exact) mass is 1900 g/mol. The Labute approximate surface area is 784 Å². The summed E-state index contributed by atoms with van der Waals surface area (Å²) in [5, 5.41) is 52.4. The molecule has 0 amide bonds. The number of aromatic nitrogens is 15. The van der Waals surface area contributed by atoms with E-state index in [9.17, 15) is 48.3 Å². The minimum atomic E-state index is -2.75. The molecule has 718 valence electrons. The topological polar surface area (TPSA) is 317 Å². The van der Waals surface area contributed by atoms with Gasteiger partial charge in [-0.1, -0.05) is 53.7 Å². The summed E-state index contributed by atoms with van der Waals surface area (Å²) in [4.78, 5) is 23.0. The molecule has 138 heavy (non-hydrogen) atoms. The maximum Gasteiger partial charge on any atom is 0.276 e. The number of nitrogens with one attached hydrogen (secondary N) is 10. The molecule has 0 unspecified atom stereocenters. The summed E-state index contributed by atoms with van der Waals surface area (Å²) in [6.07, 6.45) is 9.51. The Bertz CT molecular complexity index is 6820. The molecule has 0 radical (unpaired) electrons. The highest BCUT2D eigenvalue weighted by molar-refractivity contribution is 5.78. The Morgan fingerprint density at radius 1 is 0.341 bits per heavy atom. The predicted molar refractivity (Wildman–Crippen MR) is 503 cm³/mol. The van der Waals surface area contributed by atoms with Gasteiger partial charge in [0.15, 0.2) is 34.3 Å². The first-order chi connectivity index (χ1) is 66.5. The standard InChI is InChI=1S/C21H24FN5O.3C19H18F3N5O.C19H20FN5O/c1-4-15-11-23-13(3)17-12-24-27-9-8-20(26-21(17)27)25-18(5-2)16-10-14(22)6-7-19(16)28-15;1-10-14-8-24-27-6-5-17(26-19(14)27)25-11(2)13-7-12(20)3-4-15(13)28-16(9-23-10)18(21)22;2*1-10-13-7-12(20)3-4-16(13)28-9-15(18(21)22)24-11(2)14-8-23-27-6-5-17(25-10)26-19(14)27;1-3-16-14-10-13(20)4-5-17(14)26-9-7-21-12(2)15-11-22-25-8-6-18(23-16)24-19(15)25/h6-10,12,15,18,23H,3-5,11H2,1-2H3,(H,25,26);3-8,11,16,18,23H,1,9H2,2H3,(H,25,26);2*3-8,10,15,18,24H,2,9H2,1H3,(H,25,26);4-6,8,10-11,16,21H,2-3,7,9H2,1H3,(H,23,24)/t15-,18+;11-,16-;10-,15+;10-,15-;16-/m01111/s1. The lowest BCUT2D eigenvalue weighted by atomic mass is 10.0. The van der Waals surface area contributed by atoms with Crippen molar-refractivity contribution in [3.05, 3.63) is 301 Å². The highest BCUT2D eigenvalue weighted by atomic mass is 19.3. The highest BCUT2D eigenvalue weighted by Gasteiger charge is 2.32. The first-order valence-corrected chi connectivity index (χ1v) is 44.3. The van der Waals surface area contributed by atoms with Crippen LogP contribution in [0.2, 0.25) is 0 Å². The largest absolute Gasteiger partial charge is 0.491 e. The number of nitrogens with zero attached hydrogens (tertiary/aromatic N) is 15. The number of benzene rings is 5. The summed E-state index contributed by atoms with van der Waals surface area (Å²) in [7, 11) is 0. The molecular formula is C97H98F11N25O5. The number of alkyl halides is 6. The van der Waals surface area contributed by atoms with E-state index < -0.39 is 61.0 Å². The molecule has 9 atom stereocenters. The van der Waals surface area contributed by atoms with Gasteiger partial charge in [-0.15, -0.1) is 0 Å². The van der Waals surface area contributed by atoms with Crippen LogP contribution in [-0.2, 0) is 0 Å². The average Bonchev–Trinajstić information content (AvgIpc) is 1.66. The molecule has 0 saturated carbocycles. The molecule has 15 aromatic rings. The fraction of sp³-hybridized carbons (Fsp3) is 0.278. The minimum Gasteiger partial charge on any atom is -0.491 e. The van der Waals surface area contributed by atoms with Gasteiger partial charge in [0.05, 0.1) is 102 Å². The van der Waals surface area contributed by atoms with Crippen LogP contribution in [0, 0.1) is 29.1 Å².